The number of hydrogen-bond donors (Lipinski definition) is 3. The van der Waals surface area contributed by atoms with Gasteiger partial charge in [-0.15, -0.1) is 0 Å². The van der Waals surface area contributed by atoms with E-state index in [1.54, 1.807) is 14.1 Å². The number of nitrogens with zero attached hydrogens (tertiary/aromatic N) is 5. The van der Waals surface area contributed by atoms with Crippen molar-refractivity contribution in [2.45, 2.75) is 6.54 Å². The third-order valence-corrected chi connectivity index (χ3v) is 5.98. The van der Waals surface area contributed by atoms with Crippen molar-refractivity contribution >= 4 is 46.0 Å². The average Bonchev–Trinajstić information content (AvgIpc) is 3.20. The van der Waals surface area contributed by atoms with Gasteiger partial charge in [0.15, 0.2) is 11.6 Å². The number of carbonyl (C=O) groups is 2. The molecule has 0 bridgehead atoms. The smallest absolute Gasteiger partial charge is 0.263 e. The summed E-state index contributed by atoms with van der Waals surface area (Å²) >= 11 is 5.95. The molecule has 2 amide bonds. The standard InChI is InChI=1S/C23H19ClF3N7O4/c1-32(2)13-5-12(16(24)20(27)31-13)30-14(35)7-34-6-11(15-22(34)29-8-33(3)23(15)38)9-4-10(21(28)37)19(36)18(26)17(9)25/h4-6,8,36H,7H2,1-3H3,(H2,28,37)(H,30,31,35). The molecule has 11 nitrogen and oxygen atoms in total. The van der Waals surface area contributed by atoms with E-state index >= 15 is 0 Å². The highest BCUT2D eigenvalue weighted by molar-refractivity contribution is 6.33. The number of phenols is 1. The summed E-state index contributed by atoms with van der Waals surface area (Å²) in [5, 5.41) is 11.6. The minimum Gasteiger partial charge on any atom is -0.504 e. The second-order valence-corrected chi connectivity index (χ2v) is 8.80. The third-order valence-electron chi connectivity index (χ3n) is 5.62. The Balaban J connectivity index is 1.84. The van der Waals surface area contributed by atoms with E-state index in [1.807, 2.05) is 0 Å². The molecule has 0 spiro atoms. The van der Waals surface area contributed by atoms with Crippen LogP contribution in [0.4, 0.5) is 24.7 Å². The number of aryl methyl sites for hydroxylation is 1. The van der Waals surface area contributed by atoms with Crippen LogP contribution in [0, 0.1) is 17.6 Å². The molecule has 0 atom stereocenters. The number of anilines is 2. The van der Waals surface area contributed by atoms with E-state index in [2.05, 4.69) is 15.3 Å². The lowest BCUT2D eigenvalue weighted by atomic mass is 10.0. The number of primary amides is 1. The van der Waals surface area contributed by atoms with Gasteiger partial charge >= 0.3 is 0 Å². The van der Waals surface area contributed by atoms with Crippen LogP contribution in [0.3, 0.4) is 0 Å². The zero-order valence-electron chi connectivity index (χ0n) is 20.0. The zero-order chi connectivity index (χ0) is 28.0. The number of halogens is 4. The molecular formula is C23H19ClF3N7O4. The number of hydrogen-bond acceptors (Lipinski definition) is 7. The molecule has 0 radical (unpaired) electrons. The minimum absolute atomic E-state index is 0.0762. The van der Waals surface area contributed by atoms with Crippen LogP contribution in [0.5, 0.6) is 5.75 Å². The van der Waals surface area contributed by atoms with Crippen molar-refractivity contribution in [1.29, 1.82) is 0 Å². The Morgan fingerprint density at radius 3 is 2.50 bits per heavy atom. The highest BCUT2D eigenvalue weighted by Gasteiger charge is 2.26. The molecule has 4 N–H and O–H groups in total. The lowest BCUT2D eigenvalue weighted by Crippen LogP contribution is -2.21. The Kier molecular flexibility index (Phi) is 6.76. The maximum atomic E-state index is 14.9. The van der Waals surface area contributed by atoms with Crippen molar-refractivity contribution in [2.24, 2.45) is 12.8 Å². The highest BCUT2D eigenvalue weighted by atomic mass is 35.5. The fraction of sp³-hybridized carbons (Fsp3) is 0.174. The summed E-state index contributed by atoms with van der Waals surface area (Å²) in [5.74, 6) is -7.40. The van der Waals surface area contributed by atoms with Crippen molar-refractivity contribution in [2.75, 3.05) is 24.3 Å². The van der Waals surface area contributed by atoms with Crippen molar-refractivity contribution in [3.63, 3.8) is 0 Å². The zero-order valence-corrected chi connectivity index (χ0v) is 20.8. The first-order valence-corrected chi connectivity index (χ1v) is 11.1. The number of nitrogens with one attached hydrogen (secondary N) is 1. The van der Waals surface area contributed by atoms with Gasteiger partial charge in [-0.2, -0.15) is 8.78 Å². The summed E-state index contributed by atoms with van der Waals surface area (Å²) in [5.41, 5.74) is 2.84. The van der Waals surface area contributed by atoms with Crippen LogP contribution in [0.1, 0.15) is 10.4 Å². The molecule has 3 aromatic heterocycles. The Labute approximate surface area is 216 Å². The van der Waals surface area contributed by atoms with Crippen LogP contribution in [0.15, 0.2) is 29.5 Å². The van der Waals surface area contributed by atoms with E-state index in [4.69, 9.17) is 17.3 Å². The Morgan fingerprint density at radius 1 is 1.18 bits per heavy atom. The quantitative estimate of drug-likeness (QED) is 0.313. The highest BCUT2D eigenvalue weighted by Crippen LogP contribution is 2.36. The van der Waals surface area contributed by atoms with Crippen molar-refractivity contribution in [3.05, 3.63) is 63.2 Å². The molecule has 0 fully saturated rings. The van der Waals surface area contributed by atoms with Crippen LogP contribution in [0.25, 0.3) is 22.2 Å². The maximum absolute atomic E-state index is 14.9. The lowest BCUT2D eigenvalue weighted by Gasteiger charge is -2.15. The monoisotopic (exact) mass is 549 g/mol. The first kappa shape index (κ1) is 26.5. The fourth-order valence-electron chi connectivity index (χ4n) is 3.74. The SMILES string of the molecule is CN(C)c1cc(NC(=O)Cn2cc(-c3cc(C(N)=O)c(O)c(F)c3F)c3c(=O)n(C)cnc32)c(Cl)c(F)n1. The normalized spacial score (nSPS) is 11.1. The molecule has 198 valence electrons. The van der Waals surface area contributed by atoms with Crippen molar-refractivity contribution in [1.82, 2.24) is 19.1 Å². The van der Waals surface area contributed by atoms with E-state index < -0.39 is 63.4 Å². The molecule has 0 aliphatic heterocycles. The van der Waals surface area contributed by atoms with Gasteiger partial charge in [0.2, 0.25) is 17.7 Å². The van der Waals surface area contributed by atoms with Gasteiger partial charge in [-0.05, 0) is 6.07 Å². The number of pyridine rings is 1. The molecule has 0 aliphatic carbocycles. The lowest BCUT2D eigenvalue weighted by molar-refractivity contribution is -0.116. The van der Waals surface area contributed by atoms with Crippen molar-refractivity contribution in [3.8, 4) is 16.9 Å². The van der Waals surface area contributed by atoms with Gasteiger partial charge in [0.25, 0.3) is 11.5 Å². The second kappa shape index (κ2) is 9.70. The summed E-state index contributed by atoms with van der Waals surface area (Å²) in [6.45, 7) is -0.515. The third kappa shape index (κ3) is 4.49. The summed E-state index contributed by atoms with van der Waals surface area (Å²) < 4.78 is 45.8. The molecule has 15 heteroatoms. The summed E-state index contributed by atoms with van der Waals surface area (Å²) in [7, 11) is 4.58. The van der Waals surface area contributed by atoms with Crippen LogP contribution in [-0.2, 0) is 18.4 Å². The number of aromatic hydroxyl groups is 1. The minimum atomic E-state index is -1.75. The van der Waals surface area contributed by atoms with E-state index in [-0.39, 0.29) is 28.1 Å². The van der Waals surface area contributed by atoms with Crippen LogP contribution >= 0.6 is 11.6 Å². The summed E-state index contributed by atoms with van der Waals surface area (Å²) in [6, 6.07) is 2.14. The summed E-state index contributed by atoms with van der Waals surface area (Å²) in [4.78, 5) is 46.8. The average molecular weight is 550 g/mol. The summed E-state index contributed by atoms with van der Waals surface area (Å²) in [6.07, 6.45) is 2.31. The number of nitrogens with two attached hydrogens (primary N) is 1. The van der Waals surface area contributed by atoms with Gasteiger partial charge < -0.3 is 30.2 Å². The van der Waals surface area contributed by atoms with E-state index in [0.29, 0.717) is 0 Å². The molecule has 1 aromatic carbocycles. The topological polar surface area (TPSA) is 148 Å². The van der Waals surface area contributed by atoms with E-state index in [0.717, 1.165) is 23.2 Å². The molecule has 4 aromatic rings. The van der Waals surface area contributed by atoms with Gasteiger partial charge in [0.05, 0.1) is 23.0 Å². The van der Waals surface area contributed by atoms with Gasteiger partial charge in [-0.3, -0.25) is 14.4 Å². The van der Waals surface area contributed by atoms with Gasteiger partial charge in [-0.1, -0.05) is 11.6 Å². The number of fused-ring (bicyclic) bond motifs is 1. The number of amides is 2. The second-order valence-electron chi connectivity index (χ2n) is 8.42. The molecule has 38 heavy (non-hydrogen) atoms. The van der Waals surface area contributed by atoms with Gasteiger partial charge in [-0.25, -0.2) is 14.4 Å². The molecular weight excluding hydrogens is 531 g/mol. The van der Waals surface area contributed by atoms with E-state index in [1.165, 1.54) is 22.6 Å². The van der Waals surface area contributed by atoms with Crippen LogP contribution < -0.4 is 21.5 Å². The molecule has 0 saturated heterocycles. The Morgan fingerprint density at radius 2 is 1.87 bits per heavy atom. The molecule has 0 aliphatic rings. The first-order chi connectivity index (χ1) is 17.8. The predicted molar refractivity (Wildman–Crippen MR) is 133 cm³/mol. The predicted octanol–water partition coefficient (Wildman–Crippen LogP) is 2.38. The van der Waals surface area contributed by atoms with Gasteiger partial charge in [0, 0.05) is 44.5 Å². The molecule has 0 unspecified atom stereocenters. The molecule has 0 saturated carbocycles. The Bertz CT molecular complexity index is 1700. The Hall–Kier alpha value is -4.59. The fourth-order valence-corrected chi connectivity index (χ4v) is 3.88. The van der Waals surface area contributed by atoms with Gasteiger partial charge in [0.1, 0.15) is 23.0 Å². The molecule has 3 heterocycles. The first-order valence-electron chi connectivity index (χ1n) is 10.7. The number of aromatic nitrogens is 4. The van der Waals surface area contributed by atoms with Crippen LogP contribution in [0.2, 0.25) is 5.02 Å². The largest absolute Gasteiger partial charge is 0.504 e. The number of benzene rings is 1. The number of carbonyl (C=O) groups excluding carboxylic acids is 2. The van der Waals surface area contributed by atoms with Crippen molar-refractivity contribution < 1.29 is 27.9 Å². The van der Waals surface area contributed by atoms with E-state index in [9.17, 15) is 32.7 Å². The maximum Gasteiger partial charge on any atom is 0.263 e. The van der Waals surface area contributed by atoms with Crippen LogP contribution in [-0.4, -0.2) is 50.1 Å². The number of rotatable bonds is 6. The molecule has 4 rings (SSSR count).